The normalized spacial score (nSPS) is 16.1. The van der Waals surface area contributed by atoms with Crippen LogP contribution in [0.2, 0.25) is 10.0 Å². The topological polar surface area (TPSA) is 42.0 Å². The van der Waals surface area contributed by atoms with E-state index in [1.54, 1.807) is 6.07 Å². The molecule has 0 saturated heterocycles. The van der Waals surface area contributed by atoms with Gasteiger partial charge in [-0.1, -0.05) is 29.3 Å². The summed E-state index contributed by atoms with van der Waals surface area (Å²) in [6.45, 7) is 1.89. The zero-order valence-electron chi connectivity index (χ0n) is 12.2. The highest BCUT2D eigenvalue weighted by atomic mass is 35.5. The first kappa shape index (κ1) is 15.8. The van der Waals surface area contributed by atoms with Gasteiger partial charge in [0.1, 0.15) is 4.88 Å². The fourth-order valence-electron chi connectivity index (χ4n) is 2.75. The molecule has 3 rings (SSSR count). The molecule has 0 aliphatic heterocycles. The minimum absolute atomic E-state index is 0.0459. The highest BCUT2D eigenvalue weighted by Gasteiger charge is 2.39. The molecule has 0 spiro atoms. The van der Waals surface area contributed by atoms with Crippen LogP contribution in [0.25, 0.3) is 0 Å². The van der Waals surface area contributed by atoms with E-state index in [1.807, 2.05) is 25.1 Å². The van der Waals surface area contributed by atoms with Crippen LogP contribution in [0.5, 0.6) is 0 Å². The molecule has 0 bridgehead atoms. The van der Waals surface area contributed by atoms with E-state index in [9.17, 15) is 4.79 Å². The zero-order chi connectivity index (χ0) is 15.7. The summed E-state index contributed by atoms with van der Waals surface area (Å²) in [4.78, 5) is 13.1. The van der Waals surface area contributed by atoms with Gasteiger partial charge in [-0.05, 0) is 67.9 Å². The Morgan fingerprint density at radius 3 is 2.68 bits per heavy atom. The maximum Gasteiger partial charge on any atom is 0.263 e. The number of carbonyl (C=O) groups excluding carboxylic acids is 1. The number of carbonyl (C=O) groups is 1. The molecule has 3 nitrogen and oxygen atoms in total. The Kier molecular flexibility index (Phi) is 4.44. The molecule has 1 aliphatic carbocycles. The second-order valence-corrected chi connectivity index (χ2v) is 7.48. The number of hydrogen-bond donors (Lipinski definition) is 1. The largest absolute Gasteiger partial charge is 0.346 e. The molecule has 0 unspecified atom stereocenters. The van der Waals surface area contributed by atoms with Gasteiger partial charge in [-0.3, -0.25) is 4.79 Å². The van der Waals surface area contributed by atoms with Crippen LogP contribution in [0.15, 0.2) is 24.3 Å². The van der Waals surface area contributed by atoms with Gasteiger partial charge in [-0.2, -0.15) is 4.37 Å². The Bertz CT molecular complexity index is 710. The summed E-state index contributed by atoms with van der Waals surface area (Å²) < 4.78 is 4.16. The van der Waals surface area contributed by atoms with Gasteiger partial charge in [0.05, 0.1) is 5.69 Å². The van der Waals surface area contributed by atoms with Gasteiger partial charge < -0.3 is 5.32 Å². The number of nitrogens with one attached hydrogen (secondary N) is 1. The molecule has 1 heterocycles. The average molecular weight is 355 g/mol. The van der Waals surface area contributed by atoms with Gasteiger partial charge in [0, 0.05) is 15.6 Å². The Labute approximate surface area is 143 Å². The van der Waals surface area contributed by atoms with Gasteiger partial charge in [0.25, 0.3) is 5.91 Å². The summed E-state index contributed by atoms with van der Waals surface area (Å²) in [5.74, 6) is -0.0459. The summed E-state index contributed by atoms with van der Waals surface area (Å²) in [5, 5.41) is 4.47. The van der Waals surface area contributed by atoms with Crippen LogP contribution in [0.1, 0.15) is 40.2 Å². The van der Waals surface area contributed by atoms with Crippen molar-refractivity contribution in [1.29, 1.82) is 0 Å². The maximum absolute atomic E-state index is 12.4. The van der Waals surface area contributed by atoms with Crippen LogP contribution >= 0.6 is 34.7 Å². The van der Waals surface area contributed by atoms with E-state index in [0.717, 1.165) is 36.9 Å². The fourth-order valence-corrected chi connectivity index (χ4v) is 3.88. The molecule has 1 aromatic heterocycles. The molecule has 2 aromatic rings. The van der Waals surface area contributed by atoms with Crippen LogP contribution in [-0.2, 0) is 6.42 Å². The van der Waals surface area contributed by atoms with Crippen molar-refractivity contribution in [1.82, 2.24) is 9.69 Å². The van der Waals surface area contributed by atoms with Crippen molar-refractivity contribution in [3.63, 3.8) is 0 Å². The monoisotopic (exact) mass is 354 g/mol. The highest BCUT2D eigenvalue weighted by molar-refractivity contribution is 7.08. The summed E-state index contributed by atoms with van der Waals surface area (Å²) in [5.41, 5.74) is 1.69. The molecule has 1 aliphatic rings. The number of nitrogens with zero attached hydrogens (tertiary/aromatic N) is 1. The third-order valence-corrected chi connectivity index (χ3v) is 5.55. The predicted octanol–water partition coefficient (Wildman–Crippen LogP) is 4.65. The van der Waals surface area contributed by atoms with Crippen LogP contribution < -0.4 is 5.32 Å². The molecule has 0 atom stereocenters. The minimum Gasteiger partial charge on any atom is -0.346 e. The zero-order valence-corrected chi connectivity index (χ0v) is 14.5. The Morgan fingerprint density at radius 1 is 1.36 bits per heavy atom. The lowest BCUT2D eigenvalue weighted by molar-refractivity contribution is 0.0831. The number of aromatic nitrogens is 1. The standard InChI is InChI=1S/C16H16Cl2N2OS/c1-10-7-14(22-20-10)15(21)19-16(5-2-6-16)9-11-3-4-12(17)8-13(11)18/h3-4,7-8H,2,5-6,9H2,1H3,(H,19,21). The van der Waals surface area contributed by atoms with Crippen molar-refractivity contribution in [3.05, 3.63) is 50.4 Å². The Balaban J connectivity index is 1.76. The summed E-state index contributed by atoms with van der Waals surface area (Å²) in [7, 11) is 0. The van der Waals surface area contributed by atoms with Gasteiger partial charge in [0.15, 0.2) is 0 Å². The third-order valence-electron chi connectivity index (χ3n) is 4.09. The number of benzene rings is 1. The third kappa shape index (κ3) is 3.29. The first-order chi connectivity index (χ1) is 10.5. The fraction of sp³-hybridized carbons (Fsp3) is 0.375. The lowest BCUT2D eigenvalue weighted by atomic mass is 9.72. The summed E-state index contributed by atoms with van der Waals surface area (Å²) in [6, 6.07) is 7.35. The highest BCUT2D eigenvalue weighted by Crippen LogP contribution is 2.37. The quantitative estimate of drug-likeness (QED) is 0.867. The summed E-state index contributed by atoms with van der Waals surface area (Å²) >= 11 is 13.5. The van der Waals surface area contributed by atoms with E-state index in [4.69, 9.17) is 23.2 Å². The molecular weight excluding hydrogens is 339 g/mol. The molecule has 1 aromatic carbocycles. The number of hydrogen-bond acceptors (Lipinski definition) is 3. The van der Waals surface area contributed by atoms with E-state index < -0.39 is 0 Å². The maximum atomic E-state index is 12.4. The number of rotatable bonds is 4. The van der Waals surface area contributed by atoms with Gasteiger partial charge >= 0.3 is 0 Å². The molecule has 6 heteroatoms. The Morgan fingerprint density at radius 2 is 2.14 bits per heavy atom. The molecule has 116 valence electrons. The van der Waals surface area contributed by atoms with Crippen LogP contribution in [0, 0.1) is 6.92 Å². The first-order valence-electron chi connectivity index (χ1n) is 7.17. The van der Waals surface area contributed by atoms with Crippen LogP contribution in [-0.4, -0.2) is 15.8 Å². The second-order valence-electron chi connectivity index (χ2n) is 5.83. The number of halogens is 2. The van der Waals surface area contributed by atoms with Crippen molar-refractivity contribution in [2.45, 2.75) is 38.1 Å². The van der Waals surface area contributed by atoms with Crippen molar-refractivity contribution in [2.24, 2.45) is 0 Å². The van der Waals surface area contributed by atoms with Gasteiger partial charge in [-0.15, -0.1) is 0 Å². The lowest BCUT2D eigenvalue weighted by Gasteiger charge is -2.43. The van der Waals surface area contributed by atoms with E-state index >= 15 is 0 Å². The SMILES string of the molecule is Cc1cc(C(=O)NC2(Cc3ccc(Cl)cc3Cl)CCC2)sn1. The molecule has 22 heavy (non-hydrogen) atoms. The van der Waals surface area contributed by atoms with E-state index in [-0.39, 0.29) is 11.4 Å². The van der Waals surface area contributed by atoms with E-state index in [1.165, 1.54) is 11.5 Å². The molecule has 0 radical (unpaired) electrons. The van der Waals surface area contributed by atoms with E-state index in [0.29, 0.717) is 14.9 Å². The lowest BCUT2D eigenvalue weighted by Crippen LogP contribution is -2.55. The first-order valence-corrected chi connectivity index (χ1v) is 8.70. The van der Waals surface area contributed by atoms with Crippen molar-refractivity contribution in [2.75, 3.05) is 0 Å². The predicted molar refractivity (Wildman–Crippen MR) is 91.1 cm³/mol. The van der Waals surface area contributed by atoms with Gasteiger partial charge in [-0.25, -0.2) is 0 Å². The molecule has 1 saturated carbocycles. The van der Waals surface area contributed by atoms with Gasteiger partial charge in [0.2, 0.25) is 0 Å². The summed E-state index contributed by atoms with van der Waals surface area (Å²) in [6.07, 6.45) is 3.78. The van der Waals surface area contributed by atoms with Crippen LogP contribution in [0.4, 0.5) is 0 Å². The second kappa shape index (κ2) is 6.19. The van der Waals surface area contributed by atoms with Crippen molar-refractivity contribution >= 4 is 40.6 Å². The number of aryl methyl sites for hydroxylation is 1. The number of amides is 1. The van der Waals surface area contributed by atoms with Crippen molar-refractivity contribution < 1.29 is 4.79 Å². The molecule has 1 N–H and O–H groups in total. The smallest absolute Gasteiger partial charge is 0.263 e. The van der Waals surface area contributed by atoms with Crippen LogP contribution in [0.3, 0.4) is 0 Å². The Hall–Kier alpha value is -1.10. The molecular formula is C16H16Cl2N2OS. The molecule has 1 fully saturated rings. The minimum atomic E-state index is -0.202. The molecule has 1 amide bonds. The average Bonchev–Trinajstić information content (AvgIpc) is 2.86. The van der Waals surface area contributed by atoms with Crippen molar-refractivity contribution in [3.8, 4) is 0 Å². The van der Waals surface area contributed by atoms with E-state index in [2.05, 4.69) is 9.69 Å².